The quantitative estimate of drug-likeness (QED) is 0.421. The molecule has 1 heterocycles. The SMILES string of the molecule is Cc1ccc(C2=CC(=C3C(=O)c4ccccc4C3=O)C=C(c3ccc(C(=O)O)cc3)S2(=O)=O)cc1. The summed E-state index contributed by atoms with van der Waals surface area (Å²) >= 11 is 0. The molecule has 0 amide bonds. The van der Waals surface area contributed by atoms with E-state index in [1.54, 1.807) is 48.5 Å². The van der Waals surface area contributed by atoms with E-state index >= 15 is 0 Å². The van der Waals surface area contributed by atoms with Gasteiger partial charge < -0.3 is 5.11 Å². The second-order valence-electron chi connectivity index (χ2n) is 8.30. The van der Waals surface area contributed by atoms with Gasteiger partial charge in [-0.2, -0.15) is 0 Å². The number of Topliss-reactive ketones (excluding diaryl/α,β-unsaturated/α-hetero) is 2. The van der Waals surface area contributed by atoms with Crippen LogP contribution < -0.4 is 0 Å². The number of hydrogen-bond acceptors (Lipinski definition) is 5. The number of carboxylic acids is 1. The van der Waals surface area contributed by atoms with Crippen LogP contribution in [0.1, 0.15) is 47.8 Å². The Hall–Kier alpha value is -4.36. The number of rotatable bonds is 3. The maximum Gasteiger partial charge on any atom is 0.335 e. The minimum atomic E-state index is -4.06. The van der Waals surface area contributed by atoms with E-state index in [2.05, 4.69) is 0 Å². The molecule has 35 heavy (non-hydrogen) atoms. The number of carbonyl (C=O) groups is 3. The molecular formula is C28H18O6S. The number of carboxylic acid groups (broad SMARTS) is 1. The summed E-state index contributed by atoms with van der Waals surface area (Å²) in [6.45, 7) is 1.88. The molecule has 2 aliphatic rings. The van der Waals surface area contributed by atoms with Gasteiger partial charge in [0, 0.05) is 11.1 Å². The third kappa shape index (κ3) is 3.66. The van der Waals surface area contributed by atoms with Crippen LogP contribution in [-0.4, -0.2) is 31.1 Å². The van der Waals surface area contributed by atoms with Gasteiger partial charge in [0.05, 0.1) is 20.9 Å². The van der Waals surface area contributed by atoms with Crippen molar-refractivity contribution in [2.45, 2.75) is 6.92 Å². The Balaban J connectivity index is 1.77. The number of allylic oxidation sites excluding steroid dienone is 4. The first kappa shape index (κ1) is 22.4. The number of sulfone groups is 1. The standard InChI is InChI=1S/C28H18O6S/c1-16-6-8-17(9-7-16)23-14-20(25-26(29)21-4-2-3-5-22(21)27(25)30)15-24(35(23,33)34)18-10-12-19(13-11-18)28(31)32/h2-15H,1H3,(H,31,32). The summed E-state index contributed by atoms with van der Waals surface area (Å²) in [4.78, 5) is 37.4. The van der Waals surface area contributed by atoms with Gasteiger partial charge in [-0.1, -0.05) is 66.2 Å². The third-order valence-electron chi connectivity index (χ3n) is 6.06. The van der Waals surface area contributed by atoms with Crippen LogP contribution in [0.2, 0.25) is 0 Å². The van der Waals surface area contributed by atoms with Gasteiger partial charge in [-0.3, -0.25) is 9.59 Å². The van der Waals surface area contributed by atoms with Crippen LogP contribution in [0.25, 0.3) is 9.81 Å². The lowest BCUT2D eigenvalue weighted by molar-refractivity contribution is 0.0696. The molecule has 7 heteroatoms. The fourth-order valence-electron chi connectivity index (χ4n) is 4.23. The summed E-state index contributed by atoms with van der Waals surface area (Å²) in [6, 6.07) is 18.8. The van der Waals surface area contributed by atoms with Crippen molar-refractivity contribution < 1.29 is 27.9 Å². The Bertz CT molecular complexity index is 1600. The van der Waals surface area contributed by atoms with E-state index < -0.39 is 27.4 Å². The van der Waals surface area contributed by atoms with E-state index in [1.165, 1.54) is 36.4 Å². The van der Waals surface area contributed by atoms with E-state index in [9.17, 15) is 27.9 Å². The van der Waals surface area contributed by atoms with Gasteiger partial charge in [0.25, 0.3) is 0 Å². The minimum absolute atomic E-state index is 0.00651. The van der Waals surface area contributed by atoms with Crippen LogP contribution in [0, 0.1) is 6.92 Å². The van der Waals surface area contributed by atoms with E-state index in [-0.39, 0.29) is 43.2 Å². The summed E-state index contributed by atoms with van der Waals surface area (Å²) in [7, 11) is -4.06. The summed E-state index contributed by atoms with van der Waals surface area (Å²) < 4.78 is 27.4. The summed E-state index contributed by atoms with van der Waals surface area (Å²) in [5, 5.41) is 9.21. The molecule has 3 aromatic rings. The van der Waals surface area contributed by atoms with Crippen molar-refractivity contribution in [2.24, 2.45) is 0 Å². The topological polar surface area (TPSA) is 106 Å². The molecule has 1 N–H and O–H groups in total. The number of aromatic carboxylic acids is 1. The summed E-state index contributed by atoms with van der Waals surface area (Å²) in [6.07, 6.45) is 2.69. The lowest BCUT2D eigenvalue weighted by Crippen LogP contribution is -2.13. The Kier molecular flexibility index (Phi) is 5.22. The van der Waals surface area contributed by atoms with E-state index in [0.29, 0.717) is 5.56 Å². The molecule has 5 rings (SSSR count). The highest BCUT2D eigenvalue weighted by Crippen LogP contribution is 2.41. The van der Waals surface area contributed by atoms with Crippen LogP contribution in [0.4, 0.5) is 0 Å². The molecule has 1 aliphatic heterocycles. The average molecular weight is 483 g/mol. The molecule has 0 unspecified atom stereocenters. The second kappa shape index (κ2) is 8.14. The van der Waals surface area contributed by atoms with Gasteiger partial charge in [0.15, 0.2) is 11.6 Å². The molecule has 6 nitrogen and oxygen atoms in total. The highest BCUT2D eigenvalue weighted by atomic mass is 32.2. The van der Waals surface area contributed by atoms with Crippen LogP contribution in [0.15, 0.2) is 96.1 Å². The molecule has 172 valence electrons. The predicted octanol–water partition coefficient (Wildman–Crippen LogP) is 4.88. The second-order valence-corrected chi connectivity index (χ2v) is 10.2. The zero-order valence-corrected chi connectivity index (χ0v) is 19.3. The van der Waals surface area contributed by atoms with Crippen molar-refractivity contribution >= 4 is 37.2 Å². The maximum atomic E-state index is 13.7. The zero-order chi connectivity index (χ0) is 24.9. The number of carbonyl (C=O) groups excluding carboxylic acids is 2. The van der Waals surface area contributed by atoms with Crippen molar-refractivity contribution in [3.63, 3.8) is 0 Å². The first-order valence-electron chi connectivity index (χ1n) is 10.7. The molecule has 3 aromatic carbocycles. The molecule has 0 bridgehead atoms. The number of fused-ring (bicyclic) bond motifs is 1. The smallest absolute Gasteiger partial charge is 0.335 e. The Morgan fingerprint density at radius 3 is 1.63 bits per heavy atom. The van der Waals surface area contributed by atoms with Gasteiger partial charge in [0.1, 0.15) is 0 Å². The van der Waals surface area contributed by atoms with Crippen molar-refractivity contribution in [3.8, 4) is 0 Å². The van der Waals surface area contributed by atoms with E-state index in [1.807, 2.05) is 6.92 Å². The van der Waals surface area contributed by atoms with Crippen LogP contribution in [0.3, 0.4) is 0 Å². The molecule has 0 spiro atoms. The zero-order valence-electron chi connectivity index (χ0n) is 18.5. The Labute approximate surface area is 201 Å². The normalized spacial score (nSPS) is 16.6. The first-order valence-corrected chi connectivity index (χ1v) is 12.2. The third-order valence-corrected chi connectivity index (χ3v) is 7.93. The van der Waals surface area contributed by atoms with Crippen molar-refractivity contribution in [1.29, 1.82) is 0 Å². The molecule has 0 radical (unpaired) electrons. The summed E-state index contributed by atoms with van der Waals surface area (Å²) in [5.74, 6) is -2.06. The minimum Gasteiger partial charge on any atom is -0.478 e. The predicted molar refractivity (Wildman–Crippen MR) is 132 cm³/mol. The maximum absolute atomic E-state index is 13.7. The van der Waals surface area contributed by atoms with Crippen LogP contribution >= 0.6 is 0 Å². The molecule has 0 fully saturated rings. The van der Waals surface area contributed by atoms with Gasteiger partial charge in [-0.25, -0.2) is 13.2 Å². The van der Waals surface area contributed by atoms with Gasteiger partial charge in [0.2, 0.25) is 9.84 Å². The van der Waals surface area contributed by atoms with Crippen molar-refractivity contribution in [1.82, 2.24) is 0 Å². The van der Waals surface area contributed by atoms with Crippen LogP contribution in [0.5, 0.6) is 0 Å². The molecule has 0 saturated heterocycles. The van der Waals surface area contributed by atoms with Gasteiger partial charge in [-0.05, 0) is 47.9 Å². The number of hydrogen-bond donors (Lipinski definition) is 1. The monoisotopic (exact) mass is 482 g/mol. The molecule has 1 aliphatic carbocycles. The first-order chi connectivity index (χ1) is 16.7. The van der Waals surface area contributed by atoms with Gasteiger partial charge in [-0.15, -0.1) is 0 Å². The number of benzene rings is 3. The van der Waals surface area contributed by atoms with E-state index in [4.69, 9.17) is 0 Å². The highest BCUT2D eigenvalue weighted by molar-refractivity contribution is 8.09. The fraction of sp³-hybridized carbons (Fsp3) is 0.0357. The number of ketones is 2. The fourth-order valence-corrected chi connectivity index (χ4v) is 5.92. The molecule has 0 aromatic heterocycles. The van der Waals surface area contributed by atoms with Gasteiger partial charge >= 0.3 is 5.97 Å². The lowest BCUT2D eigenvalue weighted by Gasteiger charge is -2.19. The summed E-state index contributed by atoms with van der Waals surface area (Å²) in [5.41, 5.74) is 2.27. The number of aryl methyl sites for hydroxylation is 1. The Morgan fingerprint density at radius 1 is 0.714 bits per heavy atom. The van der Waals surface area contributed by atoms with Crippen molar-refractivity contribution in [3.05, 3.63) is 129 Å². The van der Waals surface area contributed by atoms with E-state index in [0.717, 1.165) is 5.56 Å². The Morgan fingerprint density at radius 2 is 1.17 bits per heavy atom. The molecular weight excluding hydrogens is 464 g/mol. The molecule has 0 saturated carbocycles. The highest BCUT2D eigenvalue weighted by Gasteiger charge is 2.37. The lowest BCUT2D eigenvalue weighted by atomic mass is 9.99. The average Bonchev–Trinajstić information content (AvgIpc) is 3.10. The van der Waals surface area contributed by atoms with Crippen LogP contribution in [-0.2, 0) is 9.84 Å². The largest absolute Gasteiger partial charge is 0.478 e. The molecule has 0 atom stereocenters. The van der Waals surface area contributed by atoms with Crippen molar-refractivity contribution in [2.75, 3.05) is 0 Å².